The van der Waals surface area contributed by atoms with E-state index < -0.39 is 42.2 Å². The van der Waals surface area contributed by atoms with Gasteiger partial charge in [-0.25, -0.2) is 9.97 Å². The summed E-state index contributed by atoms with van der Waals surface area (Å²) < 4.78 is 22.5. The van der Waals surface area contributed by atoms with Crippen LogP contribution in [-0.2, 0) is 28.6 Å². The Morgan fingerprint density at radius 2 is 1.71 bits per heavy atom. The largest absolute Gasteiger partial charge is 0.483 e. The van der Waals surface area contributed by atoms with Crippen molar-refractivity contribution in [3.63, 3.8) is 0 Å². The van der Waals surface area contributed by atoms with Crippen LogP contribution in [0.1, 0.15) is 46.4 Å². The predicted molar refractivity (Wildman–Crippen MR) is 211 cm³/mol. The Hall–Kier alpha value is -5.46. The minimum atomic E-state index is -1.10. The van der Waals surface area contributed by atoms with Gasteiger partial charge in [0.2, 0.25) is 17.8 Å². The van der Waals surface area contributed by atoms with Gasteiger partial charge in [-0.05, 0) is 44.0 Å². The molecule has 4 N–H and O–H groups in total. The lowest BCUT2D eigenvalue weighted by Gasteiger charge is -2.33. The van der Waals surface area contributed by atoms with Crippen LogP contribution in [0, 0.1) is 0 Å². The van der Waals surface area contributed by atoms with Gasteiger partial charge in [0, 0.05) is 54.8 Å². The van der Waals surface area contributed by atoms with Crippen LogP contribution in [0.5, 0.6) is 5.75 Å². The summed E-state index contributed by atoms with van der Waals surface area (Å²) in [5.74, 6) is -2.37. The van der Waals surface area contributed by atoms with Crippen molar-refractivity contribution >= 4 is 58.0 Å². The van der Waals surface area contributed by atoms with E-state index >= 15 is 0 Å². The number of carbonyl (C=O) groups excluding carboxylic acids is 5. The van der Waals surface area contributed by atoms with Gasteiger partial charge in [0.05, 0.1) is 67.7 Å². The summed E-state index contributed by atoms with van der Waals surface area (Å²) in [5, 5.41) is 9.89. The molecule has 0 bridgehead atoms. The number of aromatic amines is 1. The van der Waals surface area contributed by atoms with E-state index in [0.29, 0.717) is 49.7 Å². The molecule has 5 heterocycles. The zero-order chi connectivity index (χ0) is 40.4. The lowest BCUT2D eigenvalue weighted by molar-refractivity contribution is -0.136. The Morgan fingerprint density at radius 3 is 2.53 bits per heavy atom. The molecule has 0 spiro atoms. The predicted octanol–water partition coefficient (Wildman–Crippen LogP) is 2.80. The highest BCUT2D eigenvalue weighted by molar-refractivity contribution is 6.33. The Bertz CT molecular complexity index is 2150. The van der Waals surface area contributed by atoms with Crippen LogP contribution in [0.4, 0.5) is 5.95 Å². The number of nitrogens with zero attached hydrogens (tertiary/aromatic N) is 4. The molecule has 2 atom stereocenters. The number of aromatic nitrogens is 3. The lowest BCUT2D eigenvalue weighted by Crippen LogP contribution is -2.54. The fraction of sp³-hybridized carbons (Fsp3) is 0.425. The SMILES string of the molecule is O=C(COc1cccc2c1C(=O)N(C1CCC(=O)NC1=O)C2=O)NCCOCCOCCOCCN1CCC[C@@H](Nc2ncc(Cl)c(-c3c[nH]c4ccccc34)n2)C1. The zero-order valence-corrected chi connectivity index (χ0v) is 32.6. The van der Waals surface area contributed by atoms with Crippen molar-refractivity contribution in [2.24, 2.45) is 0 Å². The summed E-state index contributed by atoms with van der Waals surface area (Å²) in [6.07, 6.45) is 5.69. The van der Waals surface area contributed by atoms with Crippen molar-refractivity contribution < 1.29 is 42.9 Å². The molecule has 3 aliphatic heterocycles. The minimum absolute atomic E-state index is 0.0131. The number of benzene rings is 2. The molecule has 2 saturated heterocycles. The molecule has 2 fully saturated rings. The van der Waals surface area contributed by atoms with Crippen molar-refractivity contribution in [3.05, 3.63) is 71.0 Å². The first-order valence-corrected chi connectivity index (χ1v) is 19.7. The maximum Gasteiger partial charge on any atom is 0.266 e. The highest BCUT2D eigenvalue weighted by Gasteiger charge is 2.46. The number of anilines is 1. The molecule has 4 aromatic rings. The average Bonchev–Trinajstić information content (AvgIpc) is 3.76. The normalized spacial score (nSPS) is 18.4. The van der Waals surface area contributed by atoms with Gasteiger partial charge in [-0.1, -0.05) is 35.9 Å². The number of carbonyl (C=O) groups is 5. The number of fused-ring (bicyclic) bond motifs is 2. The summed E-state index contributed by atoms with van der Waals surface area (Å²) in [6, 6.07) is 11.6. The molecule has 1 unspecified atom stereocenters. The van der Waals surface area contributed by atoms with Gasteiger partial charge < -0.3 is 34.6 Å². The quantitative estimate of drug-likeness (QED) is 0.0795. The number of amides is 5. The number of ether oxygens (including phenoxy) is 4. The number of hydrogen-bond donors (Lipinski definition) is 4. The maximum absolute atomic E-state index is 13.2. The fourth-order valence-electron chi connectivity index (χ4n) is 7.25. The van der Waals surface area contributed by atoms with Crippen molar-refractivity contribution in [3.8, 4) is 17.0 Å². The molecule has 5 amide bonds. The molecule has 0 radical (unpaired) electrons. The van der Waals surface area contributed by atoms with Crippen LogP contribution in [0.3, 0.4) is 0 Å². The van der Waals surface area contributed by atoms with Crippen LogP contribution >= 0.6 is 11.6 Å². The second-order valence-corrected chi connectivity index (χ2v) is 14.4. The Labute approximate surface area is 339 Å². The summed E-state index contributed by atoms with van der Waals surface area (Å²) >= 11 is 6.52. The van der Waals surface area contributed by atoms with Gasteiger partial charge in [-0.2, -0.15) is 0 Å². The summed E-state index contributed by atoms with van der Waals surface area (Å²) in [7, 11) is 0. The second-order valence-electron chi connectivity index (χ2n) is 14.0. The van der Waals surface area contributed by atoms with E-state index in [9.17, 15) is 24.0 Å². The van der Waals surface area contributed by atoms with Gasteiger partial charge in [0.15, 0.2) is 6.61 Å². The topological polar surface area (TPSA) is 206 Å². The Kier molecular flexibility index (Phi) is 13.6. The number of para-hydroxylation sites is 1. The number of nitrogens with one attached hydrogen (secondary N) is 4. The van der Waals surface area contributed by atoms with Crippen LogP contribution in [0.25, 0.3) is 22.2 Å². The molecule has 0 aliphatic carbocycles. The first kappa shape index (κ1) is 40.7. The number of rotatable bonds is 19. The number of hydrogen-bond acceptors (Lipinski definition) is 13. The van der Waals surface area contributed by atoms with Crippen LogP contribution in [0.2, 0.25) is 5.02 Å². The third kappa shape index (κ3) is 9.79. The highest BCUT2D eigenvalue weighted by Crippen LogP contribution is 2.34. The third-order valence-corrected chi connectivity index (χ3v) is 10.4. The van der Waals surface area contributed by atoms with Crippen molar-refractivity contribution in [2.45, 2.75) is 37.8 Å². The van der Waals surface area contributed by atoms with E-state index in [0.717, 1.165) is 53.8 Å². The van der Waals surface area contributed by atoms with Crippen LogP contribution in [0.15, 0.2) is 54.9 Å². The number of imide groups is 2. The summed E-state index contributed by atoms with van der Waals surface area (Å²) in [4.78, 5) is 78.1. The lowest BCUT2D eigenvalue weighted by atomic mass is 10.0. The van der Waals surface area contributed by atoms with Gasteiger partial charge >= 0.3 is 0 Å². The van der Waals surface area contributed by atoms with Crippen molar-refractivity contribution in [2.75, 3.05) is 77.7 Å². The van der Waals surface area contributed by atoms with E-state index in [1.165, 1.54) is 18.2 Å². The fourth-order valence-corrected chi connectivity index (χ4v) is 7.44. The molecule has 2 aromatic carbocycles. The molecule has 306 valence electrons. The van der Waals surface area contributed by atoms with Gasteiger partial charge in [0.1, 0.15) is 11.8 Å². The number of H-pyrrole nitrogens is 1. The number of piperidine rings is 2. The van der Waals surface area contributed by atoms with E-state index in [1.54, 1.807) is 6.20 Å². The van der Waals surface area contributed by atoms with Crippen molar-refractivity contribution in [1.29, 1.82) is 0 Å². The molecule has 17 nitrogen and oxygen atoms in total. The molecule has 0 saturated carbocycles. The van der Waals surface area contributed by atoms with Crippen LogP contribution in [-0.4, -0.2) is 139 Å². The Morgan fingerprint density at radius 1 is 0.914 bits per heavy atom. The van der Waals surface area contributed by atoms with E-state index in [-0.39, 0.29) is 48.9 Å². The molecule has 58 heavy (non-hydrogen) atoms. The zero-order valence-electron chi connectivity index (χ0n) is 31.8. The second kappa shape index (κ2) is 19.3. The smallest absolute Gasteiger partial charge is 0.266 e. The van der Waals surface area contributed by atoms with E-state index in [4.69, 9.17) is 35.5 Å². The van der Waals surface area contributed by atoms with Crippen molar-refractivity contribution in [1.82, 2.24) is 35.4 Å². The molecular formula is C40H45ClN8O9. The van der Waals surface area contributed by atoms with Gasteiger partial charge in [-0.3, -0.25) is 39.1 Å². The Balaban J connectivity index is 0.719. The molecule has 2 aromatic heterocycles. The van der Waals surface area contributed by atoms with E-state index in [1.807, 2.05) is 30.5 Å². The standard InChI is InChI=1S/C40H45ClN8O9/c41-29-22-44-40(47-36(29)28-21-43-30-8-2-1-6-26(28)30)45-25-5-4-13-48(23-25)14-16-56-18-20-57-19-17-55-15-12-42-34(51)24-58-32-9-3-7-27-35(32)39(54)49(38(27)53)31-10-11-33(50)46-37(31)52/h1-3,6-9,21-22,25,31,43H,4-5,10-20,23-24H2,(H,42,51)(H,44,45,47)(H,46,50,52)/t25-,31?/m1/s1. The maximum atomic E-state index is 13.2. The highest BCUT2D eigenvalue weighted by atomic mass is 35.5. The third-order valence-electron chi connectivity index (χ3n) is 10.1. The average molecular weight is 817 g/mol. The van der Waals surface area contributed by atoms with Gasteiger partial charge in [0.25, 0.3) is 17.7 Å². The molecule has 18 heteroatoms. The molecule has 3 aliphatic rings. The minimum Gasteiger partial charge on any atom is -0.483 e. The molecular weight excluding hydrogens is 772 g/mol. The monoisotopic (exact) mass is 816 g/mol. The first-order chi connectivity index (χ1) is 28.3. The number of likely N-dealkylation sites (tertiary alicyclic amines) is 1. The first-order valence-electron chi connectivity index (χ1n) is 19.3. The van der Waals surface area contributed by atoms with Crippen LogP contribution < -0.4 is 20.7 Å². The summed E-state index contributed by atoms with van der Waals surface area (Å²) in [6.45, 7) is 4.90. The van der Waals surface area contributed by atoms with E-state index in [2.05, 4.69) is 30.8 Å². The number of halogens is 1. The van der Waals surface area contributed by atoms with Gasteiger partial charge in [-0.15, -0.1) is 0 Å². The summed E-state index contributed by atoms with van der Waals surface area (Å²) in [5.41, 5.74) is 2.70. The molecule has 7 rings (SSSR count).